The van der Waals surface area contributed by atoms with Crippen LogP contribution in [0.2, 0.25) is 0 Å². The zero-order chi connectivity index (χ0) is 18.4. The minimum Gasteiger partial charge on any atom is -0.496 e. The van der Waals surface area contributed by atoms with Crippen LogP contribution >= 0.6 is 0 Å². The molecule has 0 unspecified atom stereocenters. The maximum atomic E-state index is 12.4. The van der Waals surface area contributed by atoms with Gasteiger partial charge in [-0.05, 0) is 49.2 Å². The normalized spacial score (nSPS) is 11.2. The fourth-order valence-corrected chi connectivity index (χ4v) is 3.56. The van der Waals surface area contributed by atoms with Crippen molar-refractivity contribution in [3.63, 3.8) is 0 Å². The molecule has 0 bridgehead atoms. The lowest BCUT2D eigenvalue weighted by Gasteiger charge is -2.13. The van der Waals surface area contributed by atoms with Gasteiger partial charge in [0, 0.05) is 6.20 Å². The van der Waals surface area contributed by atoms with Crippen molar-refractivity contribution in [1.82, 2.24) is 15.0 Å². The van der Waals surface area contributed by atoms with Gasteiger partial charge in [-0.3, -0.25) is 9.78 Å². The lowest BCUT2D eigenvalue weighted by atomic mass is 10.1. The molecule has 1 aromatic carbocycles. The number of methoxy groups -OCH3 is 1. The summed E-state index contributed by atoms with van der Waals surface area (Å²) < 4.78 is 32.4. The van der Waals surface area contributed by atoms with Crippen LogP contribution in [0.3, 0.4) is 0 Å². The molecule has 0 spiro atoms. The van der Waals surface area contributed by atoms with Gasteiger partial charge in [-0.2, -0.15) is 0 Å². The molecule has 1 heterocycles. The van der Waals surface area contributed by atoms with E-state index in [0.29, 0.717) is 22.6 Å². The summed E-state index contributed by atoms with van der Waals surface area (Å²) in [5, 5.41) is 2.62. The zero-order valence-electron chi connectivity index (χ0n) is 14.4. The molecule has 8 heteroatoms. The number of pyridine rings is 1. The predicted molar refractivity (Wildman–Crippen MR) is 93.7 cm³/mol. The Morgan fingerprint density at radius 1 is 1.20 bits per heavy atom. The third-order valence-electron chi connectivity index (χ3n) is 3.60. The monoisotopic (exact) mass is 363 g/mol. The molecule has 0 radical (unpaired) electrons. The highest BCUT2D eigenvalue weighted by molar-refractivity contribution is 7.89. The maximum Gasteiger partial charge on any atom is 0.241 e. The maximum absolute atomic E-state index is 12.4. The zero-order valence-corrected chi connectivity index (χ0v) is 15.2. The van der Waals surface area contributed by atoms with Gasteiger partial charge in [0.05, 0.1) is 30.8 Å². The quantitative estimate of drug-likeness (QED) is 0.773. The van der Waals surface area contributed by atoms with Crippen LogP contribution in [0.5, 0.6) is 5.75 Å². The Morgan fingerprint density at radius 2 is 1.96 bits per heavy atom. The van der Waals surface area contributed by atoms with E-state index in [4.69, 9.17) is 4.74 Å². The molecule has 134 valence electrons. The number of carbonyl (C=O) groups is 1. The second-order valence-electron chi connectivity index (χ2n) is 5.51. The molecule has 0 saturated carbocycles. The molecule has 0 aliphatic carbocycles. The average molecular weight is 363 g/mol. The first-order valence-corrected chi connectivity index (χ1v) is 9.13. The van der Waals surface area contributed by atoms with Crippen molar-refractivity contribution in [2.45, 2.75) is 25.3 Å². The second-order valence-corrected chi connectivity index (χ2v) is 7.25. The summed E-state index contributed by atoms with van der Waals surface area (Å²) in [5.74, 6) is 0.182. The van der Waals surface area contributed by atoms with E-state index in [1.807, 2.05) is 6.07 Å². The Balaban J connectivity index is 1.99. The highest BCUT2D eigenvalue weighted by atomic mass is 32.2. The molecule has 25 heavy (non-hydrogen) atoms. The van der Waals surface area contributed by atoms with E-state index >= 15 is 0 Å². The van der Waals surface area contributed by atoms with Crippen LogP contribution in [0, 0.1) is 13.8 Å². The summed E-state index contributed by atoms with van der Waals surface area (Å²) in [6.07, 6.45) is 1.62. The number of hydrogen-bond acceptors (Lipinski definition) is 5. The number of ether oxygens (including phenoxy) is 1. The van der Waals surface area contributed by atoms with Gasteiger partial charge in [-0.25, -0.2) is 13.1 Å². The molecular formula is C17H21N3O4S. The summed E-state index contributed by atoms with van der Waals surface area (Å²) in [6, 6.07) is 8.55. The molecule has 2 aromatic rings. The van der Waals surface area contributed by atoms with Gasteiger partial charge in [0.25, 0.3) is 0 Å². The topological polar surface area (TPSA) is 97.4 Å². The largest absolute Gasteiger partial charge is 0.496 e. The van der Waals surface area contributed by atoms with Crippen molar-refractivity contribution in [1.29, 1.82) is 0 Å². The Hall–Kier alpha value is -2.45. The number of aryl methyl sites for hydroxylation is 2. The second kappa shape index (κ2) is 8.09. The van der Waals surface area contributed by atoms with Crippen LogP contribution in [0.4, 0.5) is 0 Å². The van der Waals surface area contributed by atoms with Gasteiger partial charge < -0.3 is 10.1 Å². The molecule has 0 fully saturated rings. The first-order chi connectivity index (χ1) is 11.8. The molecule has 2 N–H and O–H groups in total. The first-order valence-electron chi connectivity index (χ1n) is 7.65. The van der Waals surface area contributed by atoms with Crippen LogP contribution in [-0.2, 0) is 21.4 Å². The van der Waals surface area contributed by atoms with Gasteiger partial charge in [-0.1, -0.05) is 6.07 Å². The van der Waals surface area contributed by atoms with E-state index in [1.54, 1.807) is 38.2 Å². The fraction of sp³-hybridized carbons (Fsp3) is 0.294. The van der Waals surface area contributed by atoms with Gasteiger partial charge in [0.1, 0.15) is 5.75 Å². The van der Waals surface area contributed by atoms with Crippen molar-refractivity contribution in [2.75, 3.05) is 13.7 Å². The van der Waals surface area contributed by atoms with Crippen molar-refractivity contribution in [3.05, 3.63) is 53.3 Å². The van der Waals surface area contributed by atoms with Crippen molar-refractivity contribution >= 4 is 15.9 Å². The molecular weight excluding hydrogens is 342 g/mol. The van der Waals surface area contributed by atoms with Crippen molar-refractivity contribution in [2.24, 2.45) is 0 Å². The van der Waals surface area contributed by atoms with E-state index in [2.05, 4.69) is 15.0 Å². The Morgan fingerprint density at radius 3 is 2.60 bits per heavy atom. The van der Waals surface area contributed by atoms with E-state index in [9.17, 15) is 13.2 Å². The third kappa shape index (κ3) is 5.01. The Kier molecular flexibility index (Phi) is 6.11. The molecule has 0 atom stereocenters. The summed E-state index contributed by atoms with van der Waals surface area (Å²) in [6.45, 7) is 3.33. The summed E-state index contributed by atoms with van der Waals surface area (Å²) >= 11 is 0. The number of carbonyl (C=O) groups excluding carboxylic acids is 1. The third-order valence-corrected chi connectivity index (χ3v) is 5.14. The molecule has 0 aliphatic rings. The van der Waals surface area contributed by atoms with Gasteiger partial charge >= 0.3 is 0 Å². The number of rotatable bonds is 7. The molecule has 0 saturated heterocycles. The SMILES string of the molecule is COc1cc(C)c(S(=O)(=O)NCC(=O)NCc2ccccn2)cc1C. The highest BCUT2D eigenvalue weighted by Crippen LogP contribution is 2.25. The number of hydrogen-bond donors (Lipinski definition) is 2. The standard InChI is InChI=1S/C17H21N3O4S/c1-12-9-16(13(2)8-15(12)24-3)25(22,23)20-11-17(21)19-10-14-6-4-5-7-18-14/h4-9,20H,10-11H2,1-3H3,(H,19,21). The van der Waals surface area contributed by atoms with Crippen LogP contribution in [0.25, 0.3) is 0 Å². The number of aromatic nitrogens is 1. The molecule has 2 rings (SSSR count). The highest BCUT2D eigenvalue weighted by Gasteiger charge is 2.19. The number of amides is 1. The summed E-state index contributed by atoms with van der Waals surface area (Å²) in [7, 11) is -2.27. The van der Waals surface area contributed by atoms with Crippen molar-refractivity contribution < 1.29 is 17.9 Å². The van der Waals surface area contributed by atoms with Crippen LogP contribution in [0.15, 0.2) is 41.4 Å². The Bertz CT molecular complexity index is 852. The summed E-state index contributed by atoms with van der Waals surface area (Å²) in [4.78, 5) is 16.1. The minimum absolute atomic E-state index is 0.128. The Labute approximate surface area is 147 Å². The van der Waals surface area contributed by atoms with Gasteiger partial charge in [0.2, 0.25) is 15.9 Å². The molecule has 1 aromatic heterocycles. The van der Waals surface area contributed by atoms with E-state index in [-0.39, 0.29) is 18.0 Å². The number of nitrogens with zero attached hydrogens (tertiary/aromatic N) is 1. The van der Waals surface area contributed by atoms with Gasteiger partial charge in [0.15, 0.2) is 0 Å². The summed E-state index contributed by atoms with van der Waals surface area (Å²) in [5.41, 5.74) is 1.94. The van der Waals surface area contributed by atoms with Crippen LogP contribution < -0.4 is 14.8 Å². The minimum atomic E-state index is -3.80. The number of nitrogens with one attached hydrogen (secondary N) is 2. The molecule has 0 aliphatic heterocycles. The van der Waals surface area contributed by atoms with Gasteiger partial charge in [-0.15, -0.1) is 0 Å². The molecule has 1 amide bonds. The fourth-order valence-electron chi connectivity index (χ4n) is 2.27. The average Bonchev–Trinajstić information content (AvgIpc) is 2.60. The van der Waals surface area contributed by atoms with Crippen LogP contribution in [-0.4, -0.2) is 33.0 Å². The van der Waals surface area contributed by atoms with Crippen LogP contribution in [0.1, 0.15) is 16.8 Å². The predicted octanol–water partition coefficient (Wildman–Crippen LogP) is 1.30. The lowest BCUT2D eigenvalue weighted by Crippen LogP contribution is -2.37. The molecule has 7 nitrogen and oxygen atoms in total. The van der Waals surface area contributed by atoms with Crippen molar-refractivity contribution in [3.8, 4) is 5.75 Å². The smallest absolute Gasteiger partial charge is 0.241 e. The van der Waals surface area contributed by atoms with E-state index in [1.165, 1.54) is 13.2 Å². The van der Waals surface area contributed by atoms with E-state index < -0.39 is 15.9 Å². The number of sulfonamides is 1. The van der Waals surface area contributed by atoms with E-state index in [0.717, 1.165) is 0 Å². The lowest BCUT2D eigenvalue weighted by molar-refractivity contribution is -0.120. The number of benzene rings is 1. The first kappa shape index (κ1) is 18.9.